The van der Waals surface area contributed by atoms with Crippen LogP contribution in [0.15, 0.2) is 0 Å². The maximum atomic E-state index is 3.30. The number of hydrogen-bond donors (Lipinski definition) is 1. The van der Waals surface area contributed by atoms with Crippen LogP contribution < -0.4 is 5.53 Å². The van der Waals surface area contributed by atoms with Crippen LogP contribution in [0.2, 0.25) is 0 Å². The Balaban J connectivity index is 2.38. The van der Waals surface area contributed by atoms with Crippen molar-refractivity contribution in [3.05, 3.63) is 0 Å². The smallest absolute Gasteiger partial charge is 0.0892 e. The molecule has 0 bridgehead atoms. The van der Waals surface area contributed by atoms with Crippen LogP contribution in [0.5, 0.6) is 0 Å². The SMILES string of the molecule is CC(C)N1NN(C(C)C)C1C. The van der Waals surface area contributed by atoms with Crippen LogP contribution >= 0.6 is 0 Å². The van der Waals surface area contributed by atoms with E-state index in [-0.39, 0.29) is 0 Å². The lowest BCUT2D eigenvalue weighted by atomic mass is 10.2. The van der Waals surface area contributed by atoms with Crippen molar-refractivity contribution in [3.8, 4) is 0 Å². The van der Waals surface area contributed by atoms with Gasteiger partial charge in [-0.25, -0.2) is 10.0 Å². The highest BCUT2D eigenvalue weighted by atomic mass is 15.9. The summed E-state index contributed by atoms with van der Waals surface area (Å²) in [4.78, 5) is 0. The molecule has 0 amide bonds. The maximum absolute atomic E-state index is 3.30. The fourth-order valence-corrected chi connectivity index (χ4v) is 1.47. The van der Waals surface area contributed by atoms with Gasteiger partial charge in [0.25, 0.3) is 0 Å². The second-order valence-electron chi connectivity index (χ2n) is 3.73. The molecule has 0 saturated carbocycles. The molecule has 1 rings (SSSR count). The molecule has 1 aliphatic rings. The minimum absolute atomic E-state index is 0.537. The zero-order valence-corrected chi connectivity index (χ0v) is 8.13. The van der Waals surface area contributed by atoms with Gasteiger partial charge in [0.15, 0.2) is 0 Å². The monoisotopic (exact) mass is 157 g/mol. The van der Waals surface area contributed by atoms with Gasteiger partial charge >= 0.3 is 0 Å². The standard InChI is InChI=1S/C8H19N3/c1-6(2)10-8(5)11(9-10)7(3)4/h6-9H,1-5H3. The zero-order valence-electron chi connectivity index (χ0n) is 8.13. The van der Waals surface area contributed by atoms with Gasteiger partial charge in [0, 0.05) is 12.1 Å². The van der Waals surface area contributed by atoms with Crippen LogP contribution in [0, 0.1) is 0 Å². The summed E-state index contributed by atoms with van der Waals surface area (Å²) in [7, 11) is 0. The summed E-state index contributed by atoms with van der Waals surface area (Å²) in [5.74, 6) is 0. The van der Waals surface area contributed by atoms with E-state index in [9.17, 15) is 0 Å². The van der Waals surface area contributed by atoms with Crippen LogP contribution in [0.3, 0.4) is 0 Å². The minimum atomic E-state index is 0.537. The van der Waals surface area contributed by atoms with Gasteiger partial charge in [0.2, 0.25) is 0 Å². The van der Waals surface area contributed by atoms with E-state index in [2.05, 4.69) is 50.2 Å². The first-order chi connectivity index (χ1) is 5.04. The highest BCUT2D eigenvalue weighted by Crippen LogP contribution is 2.17. The molecule has 1 N–H and O–H groups in total. The molecule has 0 atom stereocenters. The Morgan fingerprint density at radius 2 is 1.36 bits per heavy atom. The lowest BCUT2D eigenvalue weighted by Crippen LogP contribution is -2.75. The van der Waals surface area contributed by atoms with E-state index in [1.54, 1.807) is 0 Å². The van der Waals surface area contributed by atoms with E-state index in [1.807, 2.05) is 0 Å². The summed E-state index contributed by atoms with van der Waals surface area (Å²) in [6.45, 7) is 11.0. The Hall–Kier alpha value is -0.120. The first-order valence-corrected chi connectivity index (χ1v) is 4.37. The molecule has 0 aliphatic carbocycles. The van der Waals surface area contributed by atoms with Crippen molar-refractivity contribution in [1.82, 2.24) is 15.6 Å². The van der Waals surface area contributed by atoms with E-state index in [4.69, 9.17) is 0 Å². The predicted octanol–water partition coefficient (Wildman–Crippen LogP) is 1.19. The molecule has 3 heteroatoms. The fraction of sp³-hybridized carbons (Fsp3) is 1.00. The van der Waals surface area contributed by atoms with Gasteiger partial charge in [-0.3, -0.25) is 0 Å². The lowest BCUT2D eigenvalue weighted by molar-refractivity contribution is -0.220. The topological polar surface area (TPSA) is 18.5 Å². The van der Waals surface area contributed by atoms with Crippen molar-refractivity contribution >= 4 is 0 Å². The molecule has 1 aliphatic heterocycles. The molecule has 66 valence electrons. The van der Waals surface area contributed by atoms with E-state index in [0.717, 1.165) is 0 Å². The first kappa shape index (κ1) is 8.97. The number of nitrogens with zero attached hydrogens (tertiary/aromatic N) is 2. The number of hydrogen-bond acceptors (Lipinski definition) is 3. The Morgan fingerprint density at radius 1 is 1.00 bits per heavy atom. The van der Waals surface area contributed by atoms with Gasteiger partial charge in [0.1, 0.15) is 0 Å². The van der Waals surface area contributed by atoms with E-state index in [0.29, 0.717) is 18.2 Å². The molecular formula is C8H19N3. The molecule has 0 spiro atoms. The molecule has 1 saturated heterocycles. The zero-order chi connectivity index (χ0) is 8.59. The van der Waals surface area contributed by atoms with Crippen LogP contribution in [-0.4, -0.2) is 28.3 Å². The Labute approximate surface area is 69.3 Å². The predicted molar refractivity (Wildman–Crippen MR) is 46.5 cm³/mol. The van der Waals surface area contributed by atoms with Crippen molar-refractivity contribution in [3.63, 3.8) is 0 Å². The van der Waals surface area contributed by atoms with Crippen molar-refractivity contribution in [2.24, 2.45) is 0 Å². The third kappa shape index (κ3) is 1.55. The van der Waals surface area contributed by atoms with Crippen LogP contribution in [-0.2, 0) is 0 Å². The van der Waals surface area contributed by atoms with Gasteiger partial charge in [-0.2, -0.15) is 5.53 Å². The van der Waals surface area contributed by atoms with Crippen LogP contribution in [0.1, 0.15) is 34.6 Å². The molecule has 1 heterocycles. The number of nitrogens with one attached hydrogen (secondary N) is 1. The number of rotatable bonds is 2. The largest absolute Gasteiger partial charge is 0.210 e. The molecule has 3 nitrogen and oxygen atoms in total. The Kier molecular flexibility index (Phi) is 2.52. The van der Waals surface area contributed by atoms with Crippen molar-refractivity contribution in [2.75, 3.05) is 0 Å². The van der Waals surface area contributed by atoms with Crippen molar-refractivity contribution < 1.29 is 0 Å². The van der Waals surface area contributed by atoms with E-state index in [1.165, 1.54) is 0 Å². The normalized spacial score (nSPS) is 23.2. The summed E-state index contributed by atoms with van der Waals surface area (Å²) >= 11 is 0. The Morgan fingerprint density at radius 3 is 1.55 bits per heavy atom. The summed E-state index contributed by atoms with van der Waals surface area (Å²) in [6, 6.07) is 1.17. The highest BCUT2D eigenvalue weighted by molar-refractivity contribution is 4.76. The summed E-state index contributed by atoms with van der Waals surface area (Å²) in [6.07, 6.45) is 0.537. The molecule has 0 aromatic heterocycles. The van der Waals surface area contributed by atoms with E-state index < -0.39 is 0 Å². The summed E-state index contributed by atoms with van der Waals surface area (Å²) < 4.78 is 0. The summed E-state index contributed by atoms with van der Waals surface area (Å²) in [5.41, 5.74) is 3.30. The second kappa shape index (κ2) is 3.09. The molecule has 11 heavy (non-hydrogen) atoms. The third-order valence-electron chi connectivity index (χ3n) is 2.15. The first-order valence-electron chi connectivity index (χ1n) is 4.37. The average Bonchev–Trinajstić information content (AvgIpc) is 1.82. The second-order valence-corrected chi connectivity index (χ2v) is 3.73. The van der Waals surface area contributed by atoms with Gasteiger partial charge in [-0.15, -0.1) is 0 Å². The van der Waals surface area contributed by atoms with Crippen molar-refractivity contribution in [1.29, 1.82) is 0 Å². The molecular weight excluding hydrogens is 138 g/mol. The maximum Gasteiger partial charge on any atom is 0.0892 e. The third-order valence-corrected chi connectivity index (χ3v) is 2.15. The quantitative estimate of drug-likeness (QED) is 0.649. The molecule has 0 aromatic carbocycles. The summed E-state index contributed by atoms with van der Waals surface area (Å²) in [5, 5.41) is 4.50. The minimum Gasteiger partial charge on any atom is -0.210 e. The average molecular weight is 157 g/mol. The highest BCUT2D eigenvalue weighted by Gasteiger charge is 2.35. The lowest BCUT2D eigenvalue weighted by Gasteiger charge is -2.53. The number of hydrazine groups is 2. The van der Waals surface area contributed by atoms with Crippen LogP contribution in [0.25, 0.3) is 0 Å². The van der Waals surface area contributed by atoms with Gasteiger partial charge < -0.3 is 0 Å². The van der Waals surface area contributed by atoms with Gasteiger partial charge in [-0.05, 0) is 34.6 Å². The van der Waals surface area contributed by atoms with Gasteiger partial charge in [0.05, 0.1) is 6.17 Å². The van der Waals surface area contributed by atoms with E-state index >= 15 is 0 Å². The molecule has 0 unspecified atom stereocenters. The van der Waals surface area contributed by atoms with Crippen LogP contribution in [0.4, 0.5) is 0 Å². The molecule has 1 fully saturated rings. The molecule has 0 aromatic rings. The fourth-order valence-electron chi connectivity index (χ4n) is 1.47. The Bertz CT molecular complexity index is 119. The van der Waals surface area contributed by atoms with Gasteiger partial charge in [-0.1, -0.05) is 0 Å². The van der Waals surface area contributed by atoms with Crippen molar-refractivity contribution in [2.45, 2.75) is 52.9 Å². The molecule has 0 radical (unpaired) electrons.